The van der Waals surface area contributed by atoms with Gasteiger partial charge < -0.3 is 9.80 Å². The first-order valence-corrected chi connectivity index (χ1v) is 9.21. The van der Waals surface area contributed by atoms with Crippen molar-refractivity contribution >= 4 is 11.8 Å². The Morgan fingerprint density at radius 1 is 1.12 bits per heavy atom. The molecule has 24 heavy (non-hydrogen) atoms. The number of carbonyl (C=O) groups excluding carboxylic acids is 2. The Hall–Kier alpha value is -1.84. The number of amides is 2. The second-order valence-electron chi connectivity index (χ2n) is 7.29. The molecule has 2 fully saturated rings. The number of piperidine rings is 1. The lowest BCUT2D eigenvalue weighted by Crippen LogP contribution is -2.40. The highest BCUT2D eigenvalue weighted by atomic mass is 16.2. The molecule has 4 heteroatoms. The lowest BCUT2D eigenvalue weighted by atomic mass is 9.99. The smallest absolute Gasteiger partial charge is 0.226 e. The SMILES string of the molecule is CCN(Cc1ccccc1)C(=O)C1CC1C(=O)N1CCC(C)CC1. The van der Waals surface area contributed by atoms with E-state index in [1.54, 1.807) is 0 Å². The third kappa shape index (κ3) is 3.80. The van der Waals surface area contributed by atoms with Gasteiger partial charge in [-0.15, -0.1) is 0 Å². The zero-order chi connectivity index (χ0) is 17.1. The van der Waals surface area contributed by atoms with Gasteiger partial charge in [-0.3, -0.25) is 9.59 Å². The van der Waals surface area contributed by atoms with Crippen molar-refractivity contribution in [3.8, 4) is 0 Å². The molecule has 3 rings (SSSR count). The zero-order valence-electron chi connectivity index (χ0n) is 14.8. The van der Waals surface area contributed by atoms with E-state index in [0.29, 0.717) is 19.0 Å². The number of nitrogens with zero attached hydrogens (tertiary/aromatic N) is 2. The minimum Gasteiger partial charge on any atom is -0.342 e. The van der Waals surface area contributed by atoms with Crippen LogP contribution in [0.5, 0.6) is 0 Å². The molecule has 0 aromatic heterocycles. The third-order valence-electron chi connectivity index (χ3n) is 5.43. The van der Waals surface area contributed by atoms with Gasteiger partial charge >= 0.3 is 0 Å². The van der Waals surface area contributed by atoms with Crippen molar-refractivity contribution < 1.29 is 9.59 Å². The van der Waals surface area contributed by atoms with E-state index in [-0.39, 0.29) is 23.7 Å². The lowest BCUT2D eigenvalue weighted by Gasteiger charge is -2.30. The van der Waals surface area contributed by atoms with Gasteiger partial charge in [0.1, 0.15) is 0 Å². The van der Waals surface area contributed by atoms with E-state index in [1.807, 2.05) is 47.1 Å². The van der Waals surface area contributed by atoms with Gasteiger partial charge in [0.25, 0.3) is 0 Å². The molecular formula is C20H28N2O2. The molecule has 1 saturated heterocycles. The Labute approximate surface area is 144 Å². The molecule has 1 aliphatic carbocycles. The molecule has 130 valence electrons. The number of hydrogen-bond acceptors (Lipinski definition) is 2. The van der Waals surface area contributed by atoms with Gasteiger partial charge in [-0.1, -0.05) is 37.3 Å². The molecule has 2 atom stereocenters. The second-order valence-corrected chi connectivity index (χ2v) is 7.29. The van der Waals surface area contributed by atoms with E-state index < -0.39 is 0 Å². The molecule has 0 N–H and O–H groups in total. The molecule has 1 aromatic carbocycles. The monoisotopic (exact) mass is 328 g/mol. The summed E-state index contributed by atoms with van der Waals surface area (Å²) in [5, 5.41) is 0. The summed E-state index contributed by atoms with van der Waals surface area (Å²) < 4.78 is 0. The summed E-state index contributed by atoms with van der Waals surface area (Å²) in [6.07, 6.45) is 2.91. The molecule has 1 saturated carbocycles. The fourth-order valence-electron chi connectivity index (χ4n) is 3.59. The van der Waals surface area contributed by atoms with Crippen molar-refractivity contribution in [1.82, 2.24) is 9.80 Å². The number of hydrogen-bond donors (Lipinski definition) is 0. The molecule has 1 aromatic rings. The van der Waals surface area contributed by atoms with Crippen LogP contribution in [0.25, 0.3) is 0 Å². The van der Waals surface area contributed by atoms with E-state index in [4.69, 9.17) is 0 Å². The maximum Gasteiger partial charge on any atom is 0.226 e. The van der Waals surface area contributed by atoms with Gasteiger partial charge in [-0.2, -0.15) is 0 Å². The van der Waals surface area contributed by atoms with Crippen molar-refractivity contribution in [3.05, 3.63) is 35.9 Å². The fourth-order valence-corrected chi connectivity index (χ4v) is 3.59. The van der Waals surface area contributed by atoms with E-state index in [2.05, 4.69) is 6.92 Å². The Bertz CT molecular complexity index is 579. The molecule has 2 unspecified atom stereocenters. The average Bonchev–Trinajstić information content (AvgIpc) is 3.41. The summed E-state index contributed by atoms with van der Waals surface area (Å²) in [6, 6.07) is 10.1. The molecular weight excluding hydrogens is 300 g/mol. The molecule has 0 radical (unpaired) electrons. The van der Waals surface area contributed by atoms with Crippen molar-refractivity contribution in [2.75, 3.05) is 19.6 Å². The molecule has 2 aliphatic rings. The minimum absolute atomic E-state index is 0.0734. The van der Waals surface area contributed by atoms with Crippen LogP contribution < -0.4 is 0 Å². The molecule has 0 spiro atoms. The van der Waals surface area contributed by atoms with Crippen LogP contribution in [-0.2, 0) is 16.1 Å². The van der Waals surface area contributed by atoms with E-state index in [9.17, 15) is 9.59 Å². The van der Waals surface area contributed by atoms with Gasteiger partial charge in [0.15, 0.2) is 0 Å². The molecule has 1 aliphatic heterocycles. The van der Waals surface area contributed by atoms with Crippen LogP contribution in [0, 0.1) is 17.8 Å². The predicted octanol–water partition coefficient (Wildman–Crippen LogP) is 2.93. The van der Waals surface area contributed by atoms with Crippen LogP contribution >= 0.6 is 0 Å². The molecule has 2 amide bonds. The maximum atomic E-state index is 12.7. The number of carbonyl (C=O) groups is 2. The first-order valence-electron chi connectivity index (χ1n) is 9.21. The summed E-state index contributed by atoms with van der Waals surface area (Å²) in [5.74, 6) is 0.893. The third-order valence-corrected chi connectivity index (χ3v) is 5.43. The number of likely N-dealkylation sites (tertiary alicyclic amines) is 1. The van der Waals surface area contributed by atoms with Crippen LogP contribution in [0.1, 0.15) is 38.7 Å². The van der Waals surface area contributed by atoms with Crippen LogP contribution in [0.15, 0.2) is 30.3 Å². The number of rotatable bonds is 5. The van der Waals surface area contributed by atoms with Crippen molar-refractivity contribution in [2.24, 2.45) is 17.8 Å². The quantitative estimate of drug-likeness (QED) is 0.834. The van der Waals surface area contributed by atoms with Crippen LogP contribution in [0.3, 0.4) is 0 Å². The summed E-state index contributed by atoms with van der Waals surface area (Å²) in [4.78, 5) is 29.2. The Morgan fingerprint density at radius 2 is 1.79 bits per heavy atom. The minimum atomic E-state index is -0.0967. The average molecular weight is 328 g/mol. The van der Waals surface area contributed by atoms with Crippen LogP contribution in [0.2, 0.25) is 0 Å². The standard InChI is InChI=1S/C20H28N2O2/c1-3-21(14-16-7-5-4-6-8-16)19(23)17-13-18(17)20(24)22-11-9-15(2)10-12-22/h4-8,15,17-18H,3,9-14H2,1-2H3. The Morgan fingerprint density at radius 3 is 2.42 bits per heavy atom. The lowest BCUT2D eigenvalue weighted by molar-refractivity contribution is -0.138. The normalized spacial score (nSPS) is 23.8. The van der Waals surface area contributed by atoms with Gasteiger partial charge in [0.2, 0.25) is 11.8 Å². The number of benzene rings is 1. The summed E-state index contributed by atoms with van der Waals surface area (Å²) in [7, 11) is 0. The second kappa shape index (κ2) is 7.37. The van der Waals surface area contributed by atoms with E-state index in [0.717, 1.165) is 37.9 Å². The van der Waals surface area contributed by atoms with Crippen LogP contribution in [0.4, 0.5) is 0 Å². The highest BCUT2D eigenvalue weighted by molar-refractivity contribution is 5.92. The highest BCUT2D eigenvalue weighted by Crippen LogP contribution is 2.42. The fraction of sp³-hybridized carbons (Fsp3) is 0.600. The highest BCUT2D eigenvalue weighted by Gasteiger charge is 2.50. The molecule has 0 bridgehead atoms. The first-order chi connectivity index (χ1) is 11.6. The topological polar surface area (TPSA) is 40.6 Å². The van der Waals surface area contributed by atoms with Crippen molar-refractivity contribution in [2.45, 2.75) is 39.7 Å². The zero-order valence-corrected chi connectivity index (χ0v) is 14.8. The largest absolute Gasteiger partial charge is 0.342 e. The van der Waals surface area contributed by atoms with E-state index >= 15 is 0 Å². The van der Waals surface area contributed by atoms with Crippen LogP contribution in [-0.4, -0.2) is 41.2 Å². The summed E-state index contributed by atoms with van der Waals surface area (Å²) >= 11 is 0. The first kappa shape index (κ1) is 17.0. The van der Waals surface area contributed by atoms with Crippen molar-refractivity contribution in [1.29, 1.82) is 0 Å². The Balaban J connectivity index is 1.55. The van der Waals surface area contributed by atoms with Gasteiger partial charge in [0.05, 0.1) is 11.8 Å². The summed E-state index contributed by atoms with van der Waals surface area (Å²) in [6.45, 7) is 7.29. The Kier molecular flexibility index (Phi) is 5.22. The van der Waals surface area contributed by atoms with Gasteiger partial charge in [-0.05, 0) is 37.7 Å². The maximum absolute atomic E-state index is 12.7. The van der Waals surface area contributed by atoms with Gasteiger partial charge in [-0.25, -0.2) is 0 Å². The van der Waals surface area contributed by atoms with Gasteiger partial charge in [0, 0.05) is 26.2 Å². The summed E-state index contributed by atoms with van der Waals surface area (Å²) in [5.41, 5.74) is 1.14. The molecule has 4 nitrogen and oxygen atoms in total. The molecule has 1 heterocycles. The van der Waals surface area contributed by atoms with E-state index in [1.165, 1.54) is 0 Å². The predicted molar refractivity (Wildman–Crippen MR) is 94.1 cm³/mol. The van der Waals surface area contributed by atoms with Crippen molar-refractivity contribution in [3.63, 3.8) is 0 Å².